The first-order valence-electron chi connectivity index (χ1n) is 5.63. The molecule has 0 spiro atoms. The van der Waals surface area contributed by atoms with Crippen molar-refractivity contribution in [2.24, 2.45) is 0 Å². The molecule has 86 valence electrons. The second-order valence-corrected chi connectivity index (χ2v) is 3.98. The largest absolute Gasteiger partial charge is 0.356 e. The molecule has 0 saturated carbocycles. The number of imidazole rings is 1. The minimum absolute atomic E-state index is 0.925. The van der Waals surface area contributed by atoms with Crippen LogP contribution in [0.2, 0.25) is 0 Å². The van der Waals surface area contributed by atoms with E-state index in [4.69, 9.17) is 0 Å². The van der Waals surface area contributed by atoms with Gasteiger partial charge in [-0.2, -0.15) is 0 Å². The van der Waals surface area contributed by atoms with Gasteiger partial charge in [-0.1, -0.05) is 0 Å². The molecule has 1 rings (SSSR count). The fourth-order valence-corrected chi connectivity index (χ4v) is 1.53. The molecule has 0 saturated heterocycles. The Morgan fingerprint density at radius 2 is 2.20 bits per heavy atom. The van der Waals surface area contributed by atoms with E-state index < -0.39 is 0 Å². The van der Waals surface area contributed by atoms with Crippen molar-refractivity contribution >= 4 is 5.95 Å². The van der Waals surface area contributed by atoms with Gasteiger partial charge in [0.05, 0.1) is 0 Å². The second-order valence-electron chi connectivity index (χ2n) is 3.98. The van der Waals surface area contributed by atoms with Crippen molar-refractivity contribution in [2.75, 3.05) is 32.5 Å². The minimum atomic E-state index is 0.925. The smallest absolute Gasteiger partial charge is 0.202 e. The lowest BCUT2D eigenvalue weighted by Crippen LogP contribution is -2.14. The number of aryl methyl sites for hydroxylation is 1. The van der Waals surface area contributed by atoms with E-state index in [9.17, 15) is 0 Å². The predicted octanol–water partition coefficient (Wildman–Crippen LogP) is 1.66. The summed E-state index contributed by atoms with van der Waals surface area (Å²) in [5, 5.41) is 3.25. The van der Waals surface area contributed by atoms with Crippen LogP contribution in [-0.4, -0.2) is 41.6 Å². The first kappa shape index (κ1) is 12.0. The first-order chi connectivity index (χ1) is 7.24. The van der Waals surface area contributed by atoms with Gasteiger partial charge in [-0.05, 0) is 40.4 Å². The van der Waals surface area contributed by atoms with Gasteiger partial charge in [0.2, 0.25) is 5.95 Å². The number of nitrogens with one attached hydrogen (secondary N) is 1. The van der Waals surface area contributed by atoms with E-state index in [1.54, 1.807) is 0 Å². The Morgan fingerprint density at radius 3 is 2.87 bits per heavy atom. The topological polar surface area (TPSA) is 33.1 Å². The van der Waals surface area contributed by atoms with Crippen LogP contribution in [0, 0.1) is 0 Å². The average molecular weight is 210 g/mol. The van der Waals surface area contributed by atoms with Gasteiger partial charge in [0.25, 0.3) is 0 Å². The second kappa shape index (κ2) is 6.45. The number of unbranched alkanes of at least 4 members (excludes halogenated alkanes) is 1. The molecule has 4 heteroatoms. The molecule has 1 aromatic rings. The van der Waals surface area contributed by atoms with Gasteiger partial charge in [-0.25, -0.2) is 4.98 Å². The van der Waals surface area contributed by atoms with Crippen LogP contribution in [0.15, 0.2) is 12.4 Å². The zero-order chi connectivity index (χ0) is 11.1. The summed E-state index contributed by atoms with van der Waals surface area (Å²) in [7, 11) is 4.22. The summed E-state index contributed by atoms with van der Waals surface area (Å²) in [5.41, 5.74) is 0. The van der Waals surface area contributed by atoms with Crippen LogP contribution in [-0.2, 0) is 6.54 Å². The molecule has 0 aromatic carbocycles. The van der Waals surface area contributed by atoms with Crippen molar-refractivity contribution in [1.82, 2.24) is 14.5 Å². The molecule has 0 bridgehead atoms. The zero-order valence-electron chi connectivity index (χ0n) is 10.0. The van der Waals surface area contributed by atoms with Crippen LogP contribution in [0.5, 0.6) is 0 Å². The van der Waals surface area contributed by atoms with Crippen LogP contribution < -0.4 is 5.32 Å². The summed E-state index contributed by atoms with van der Waals surface area (Å²) in [6.45, 7) is 5.22. The van der Waals surface area contributed by atoms with Crippen LogP contribution in [0.4, 0.5) is 5.95 Å². The Morgan fingerprint density at radius 1 is 1.40 bits per heavy atom. The van der Waals surface area contributed by atoms with Gasteiger partial charge < -0.3 is 14.8 Å². The molecule has 0 aliphatic rings. The third kappa shape index (κ3) is 4.34. The summed E-state index contributed by atoms with van der Waals surface area (Å²) in [6.07, 6.45) is 6.32. The normalized spacial score (nSPS) is 10.9. The maximum absolute atomic E-state index is 4.26. The Hall–Kier alpha value is -1.03. The van der Waals surface area contributed by atoms with Crippen LogP contribution in [0.25, 0.3) is 0 Å². The van der Waals surface area contributed by atoms with Gasteiger partial charge >= 0.3 is 0 Å². The van der Waals surface area contributed by atoms with E-state index in [0.717, 1.165) is 25.6 Å². The van der Waals surface area contributed by atoms with E-state index in [2.05, 4.69) is 40.8 Å². The number of nitrogens with zero attached hydrogens (tertiary/aromatic N) is 3. The molecule has 4 nitrogen and oxygen atoms in total. The van der Waals surface area contributed by atoms with Gasteiger partial charge in [0, 0.05) is 25.5 Å². The van der Waals surface area contributed by atoms with E-state index in [0.29, 0.717) is 0 Å². The van der Waals surface area contributed by atoms with Gasteiger partial charge in [-0.15, -0.1) is 0 Å². The Bertz CT molecular complexity index is 267. The minimum Gasteiger partial charge on any atom is -0.356 e. The van der Waals surface area contributed by atoms with Crippen molar-refractivity contribution in [3.05, 3.63) is 12.4 Å². The highest BCUT2D eigenvalue weighted by Gasteiger charge is 2.00. The lowest BCUT2D eigenvalue weighted by molar-refractivity contribution is 0.388. The summed E-state index contributed by atoms with van der Waals surface area (Å²) < 4.78 is 2.18. The fourth-order valence-electron chi connectivity index (χ4n) is 1.53. The van der Waals surface area contributed by atoms with Crippen LogP contribution in [0.3, 0.4) is 0 Å². The van der Waals surface area contributed by atoms with Gasteiger partial charge in [-0.3, -0.25) is 0 Å². The number of rotatable bonds is 7. The fraction of sp³-hybridized carbons (Fsp3) is 0.727. The maximum Gasteiger partial charge on any atom is 0.202 e. The third-order valence-electron chi connectivity index (χ3n) is 2.30. The van der Waals surface area contributed by atoms with E-state index in [1.165, 1.54) is 12.8 Å². The molecule has 0 radical (unpaired) electrons. The highest BCUT2D eigenvalue weighted by molar-refractivity contribution is 5.25. The monoisotopic (exact) mass is 210 g/mol. The Labute approximate surface area is 92.3 Å². The van der Waals surface area contributed by atoms with Crippen LogP contribution in [0.1, 0.15) is 19.8 Å². The molecule has 1 heterocycles. The standard InChI is InChI=1S/C11H22N4/c1-4-12-11-13-7-10-15(11)9-6-5-8-14(2)3/h7,10H,4-6,8-9H2,1-3H3,(H,12,13). The molecule has 15 heavy (non-hydrogen) atoms. The first-order valence-corrected chi connectivity index (χ1v) is 5.63. The van der Waals surface area contributed by atoms with E-state index in [1.807, 2.05) is 12.4 Å². The van der Waals surface area contributed by atoms with Crippen molar-refractivity contribution in [2.45, 2.75) is 26.3 Å². The molecule has 1 N–H and O–H groups in total. The number of hydrogen-bond donors (Lipinski definition) is 1. The quantitative estimate of drug-likeness (QED) is 0.695. The highest BCUT2D eigenvalue weighted by atomic mass is 15.2. The summed E-state index contributed by atoms with van der Waals surface area (Å²) >= 11 is 0. The van der Waals surface area contributed by atoms with Crippen molar-refractivity contribution in [3.63, 3.8) is 0 Å². The molecule has 0 amide bonds. The number of aromatic nitrogens is 2. The van der Waals surface area contributed by atoms with Gasteiger partial charge in [0.15, 0.2) is 0 Å². The Balaban J connectivity index is 2.27. The number of anilines is 1. The molecule has 0 atom stereocenters. The summed E-state index contributed by atoms with van der Waals surface area (Å²) in [4.78, 5) is 6.48. The molecule has 0 aliphatic heterocycles. The van der Waals surface area contributed by atoms with Gasteiger partial charge in [0.1, 0.15) is 0 Å². The zero-order valence-corrected chi connectivity index (χ0v) is 10.0. The van der Waals surface area contributed by atoms with Crippen molar-refractivity contribution in [3.8, 4) is 0 Å². The van der Waals surface area contributed by atoms with Crippen molar-refractivity contribution in [1.29, 1.82) is 0 Å². The molecule has 0 fully saturated rings. The molecule has 0 unspecified atom stereocenters. The Kier molecular flexibility index (Phi) is 5.18. The SMILES string of the molecule is CCNc1nccn1CCCCN(C)C. The van der Waals surface area contributed by atoms with E-state index in [-0.39, 0.29) is 0 Å². The van der Waals surface area contributed by atoms with Crippen LogP contribution >= 0.6 is 0 Å². The third-order valence-corrected chi connectivity index (χ3v) is 2.30. The molecular formula is C11H22N4. The summed E-state index contributed by atoms with van der Waals surface area (Å²) in [6, 6.07) is 0. The highest BCUT2D eigenvalue weighted by Crippen LogP contribution is 2.06. The predicted molar refractivity (Wildman–Crippen MR) is 64.2 cm³/mol. The average Bonchev–Trinajstić information content (AvgIpc) is 2.61. The molecule has 1 aromatic heterocycles. The lowest BCUT2D eigenvalue weighted by atomic mass is 10.3. The number of hydrogen-bond acceptors (Lipinski definition) is 3. The molecular weight excluding hydrogens is 188 g/mol. The van der Waals surface area contributed by atoms with E-state index >= 15 is 0 Å². The summed E-state index contributed by atoms with van der Waals surface area (Å²) in [5.74, 6) is 0.988. The maximum atomic E-state index is 4.26. The molecule has 0 aliphatic carbocycles. The lowest BCUT2D eigenvalue weighted by Gasteiger charge is -2.10. The van der Waals surface area contributed by atoms with Crippen molar-refractivity contribution < 1.29 is 0 Å².